The molecule has 3 atom stereocenters. The Morgan fingerprint density at radius 2 is 2.04 bits per heavy atom. The molecule has 0 radical (unpaired) electrons. The van der Waals surface area contributed by atoms with E-state index in [1.54, 1.807) is 19.1 Å². The van der Waals surface area contributed by atoms with Gasteiger partial charge in [0.1, 0.15) is 5.82 Å². The molecule has 1 aromatic heterocycles. The number of nitrogens with one attached hydrogen (secondary N) is 2. The summed E-state index contributed by atoms with van der Waals surface area (Å²) in [6, 6.07) is 7.87. The fraction of sp³-hybridized carbons (Fsp3) is 0.368. The highest BCUT2D eigenvalue weighted by Gasteiger charge is 2.36. The van der Waals surface area contributed by atoms with Crippen LogP contribution in [0.5, 0.6) is 0 Å². The Kier molecular flexibility index (Phi) is 5.46. The Labute approximate surface area is 154 Å². The number of nitrogens with zero attached hydrogens (tertiary/aromatic N) is 1. The predicted octanol–water partition coefficient (Wildman–Crippen LogP) is 3.42. The second kappa shape index (κ2) is 7.64. The summed E-state index contributed by atoms with van der Waals surface area (Å²) in [6.07, 6.45) is -3.66. The first kappa shape index (κ1) is 19.3. The van der Waals surface area contributed by atoms with E-state index in [2.05, 4.69) is 15.6 Å². The maximum Gasteiger partial charge on any atom is 0.417 e. The molecule has 2 N–H and O–H groups in total. The molecule has 2 aromatic rings. The third-order valence-corrected chi connectivity index (χ3v) is 4.75. The minimum Gasteiger partial charge on any atom is -0.349 e. The summed E-state index contributed by atoms with van der Waals surface area (Å²) in [6.45, 7) is 2.60. The van der Waals surface area contributed by atoms with Gasteiger partial charge >= 0.3 is 6.18 Å². The third kappa shape index (κ3) is 4.44. The summed E-state index contributed by atoms with van der Waals surface area (Å²) in [5.41, 5.74) is 0.253. The van der Waals surface area contributed by atoms with Crippen molar-refractivity contribution in [3.8, 4) is 0 Å². The van der Waals surface area contributed by atoms with Gasteiger partial charge in [-0.15, -0.1) is 0 Å². The number of halogens is 4. The molecule has 0 saturated carbocycles. The van der Waals surface area contributed by atoms with Crippen LogP contribution in [-0.4, -0.2) is 24.0 Å². The minimum absolute atomic E-state index is 0.247. The van der Waals surface area contributed by atoms with E-state index >= 15 is 0 Å². The molecular weight excluding hydrogens is 362 g/mol. The lowest BCUT2D eigenvalue weighted by Gasteiger charge is -2.21. The summed E-state index contributed by atoms with van der Waals surface area (Å²) in [5, 5.41) is 5.93. The van der Waals surface area contributed by atoms with E-state index in [1.165, 1.54) is 18.2 Å². The fourth-order valence-electron chi connectivity index (χ4n) is 3.24. The van der Waals surface area contributed by atoms with Crippen molar-refractivity contribution in [2.24, 2.45) is 5.92 Å². The van der Waals surface area contributed by atoms with Crippen LogP contribution in [0.4, 0.5) is 17.6 Å². The summed E-state index contributed by atoms with van der Waals surface area (Å²) in [4.78, 5) is 16.6. The SMILES string of the molecule is C[C@H](NC(=O)[C@@H]1CNC[C@H]1c1ccc(C(F)(F)F)cn1)c1cccc(F)c1. The maximum atomic E-state index is 13.4. The first-order valence-electron chi connectivity index (χ1n) is 8.55. The van der Waals surface area contributed by atoms with E-state index in [4.69, 9.17) is 0 Å². The number of carbonyl (C=O) groups is 1. The van der Waals surface area contributed by atoms with Crippen molar-refractivity contribution in [3.63, 3.8) is 0 Å². The van der Waals surface area contributed by atoms with Gasteiger partial charge in [-0.2, -0.15) is 13.2 Å². The predicted molar refractivity (Wildman–Crippen MR) is 91.3 cm³/mol. The van der Waals surface area contributed by atoms with Gasteiger partial charge in [-0.1, -0.05) is 12.1 Å². The number of aromatic nitrogens is 1. The molecule has 144 valence electrons. The van der Waals surface area contributed by atoms with Crippen LogP contribution in [0.2, 0.25) is 0 Å². The Morgan fingerprint density at radius 3 is 2.67 bits per heavy atom. The van der Waals surface area contributed by atoms with E-state index in [0.29, 0.717) is 24.3 Å². The molecule has 0 spiro atoms. The van der Waals surface area contributed by atoms with Crippen LogP contribution in [0, 0.1) is 11.7 Å². The van der Waals surface area contributed by atoms with Gasteiger partial charge in [-0.25, -0.2) is 4.39 Å². The first-order chi connectivity index (χ1) is 12.8. The molecule has 1 saturated heterocycles. The molecule has 3 rings (SSSR count). The van der Waals surface area contributed by atoms with Crippen LogP contribution in [0.25, 0.3) is 0 Å². The second-order valence-electron chi connectivity index (χ2n) is 6.63. The molecule has 0 unspecified atom stereocenters. The van der Waals surface area contributed by atoms with Crippen molar-refractivity contribution < 1.29 is 22.4 Å². The molecule has 0 aliphatic carbocycles. The molecule has 2 heterocycles. The zero-order valence-corrected chi connectivity index (χ0v) is 14.6. The zero-order valence-electron chi connectivity index (χ0n) is 14.6. The van der Waals surface area contributed by atoms with Crippen LogP contribution in [0.1, 0.15) is 35.7 Å². The van der Waals surface area contributed by atoms with Crippen LogP contribution < -0.4 is 10.6 Å². The van der Waals surface area contributed by atoms with Crippen LogP contribution in [0.15, 0.2) is 42.6 Å². The summed E-state index contributed by atoms with van der Waals surface area (Å²) >= 11 is 0. The lowest BCUT2D eigenvalue weighted by molar-refractivity contribution is -0.137. The number of carbonyl (C=O) groups excluding carboxylic acids is 1. The van der Waals surface area contributed by atoms with Crippen molar-refractivity contribution in [1.82, 2.24) is 15.6 Å². The Morgan fingerprint density at radius 1 is 1.26 bits per heavy atom. The molecule has 27 heavy (non-hydrogen) atoms. The molecule has 1 aromatic carbocycles. The summed E-state index contributed by atoms with van der Waals surface area (Å²) < 4.78 is 51.4. The quantitative estimate of drug-likeness (QED) is 0.798. The molecule has 8 heteroatoms. The van der Waals surface area contributed by atoms with E-state index in [1.807, 2.05) is 0 Å². The number of benzene rings is 1. The van der Waals surface area contributed by atoms with Crippen LogP contribution in [0.3, 0.4) is 0 Å². The minimum atomic E-state index is -4.45. The van der Waals surface area contributed by atoms with Gasteiger partial charge < -0.3 is 10.6 Å². The van der Waals surface area contributed by atoms with Crippen LogP contribution >= 0.6 is 0 Å². The second-order valence-corrected chi connectivity index (χ2v) is 6.63. The van der Waals surface area contributed by atoms with Gasteiger partial charge in [0, 0.05) is 30.9 Å². The average molecular weight is 381 g/mol. The lowest BCUT2D eigenvalue weighted by Crippen LogP contribution is -2.36. The number of pyridine rings is 1. The van der Waals surface area contributed by atoms with Gasteiger partial charge in [-0.3, -0.25) is 9.78 Å². The van der Waals surface area contributed by atoms with E-state index in [-0.39, 0.29) is 17.6 Å². The molecule has 4 nitrogen and oxygen atoms in total. The smallest absolute Gasteiger partial charge is 0.349 e. The van der Waals surface area contributed by atoms with Crippen molar-refractivity contribution in [2.45, 2.75) is 25.1 Å². The number of hydrogen-bond acceptors (Lipinski definition) is 3. The highest BCUT2D eigenvalue weighted by molar-refractivity contribution is 5.80. The third-order valence-electron chi connectivity index (χ3n) is 4.75. The van der Waals surface area contributed by atoms with Crippen molar-refractivity contribution in [1.29, 1.82) is 0 Å². The van der Waals surface area contributed by atoms with Crippen molar-refractivity contribution >= 4 is 5.91 Å². The summed E-state index contributed by atoms with van der Waals surface area (Å²) in [5.74, 6) is -1.43. The maximum absolute atomic E-state index is 13.4. The standard InChI is InChI=1S/C19H19F4N3O/c1-11(12-3-2-4-14(20)7-12)26-18(27)16-10-24-9-15(16)17-6-5-13(8-25-17)19(21,22)23/h2-8,11,15-16,24H,9-10H2,1H3,(H,26,27)/t11-,15+,16+/m0/s1. The van der Waals surface area contributed by atoms with Gasteiger partial charge in [0.05, 0.1) is 17.5 Å². The molecule has 0 bridgehead atoms. The molecule has 1 aliphatic heterocycles. The van der Waals surface area contributed by atoms with Gasteiger partial charge in [-0.05, 0) is 36.8 Å². The zero-order chi connectivity index (χ0) is 19.6. The molecular formula is C19H19F4N3O. The topological polar surface area (TPSA) is 54.0 Å². The monoisotopic (exact) mass is 381 g/mol. The largest absolute Gasteiger partial charge is 0.417 e. The number of rotatable bonds is 4. The fourth-order valence-corrected chi connectivity index (χ4v) is 3.24. The van der Waals surface area contributed by atoms with E-state index in [9.17, 15) is 22.4 Å². The van der Waals surface area contributed by atoms with E-state index < -0.39 is 23.7 Å². The average Bonchev–Trinajstić information content (AvgIpc) is 3.11. The highest BCUT2D eigenvalue weighted by atomic mass is 19.4. The lowest BCUT2D eigenvalue weighted by atomic mass is 9.91. The normalized spacial score (nSPS) is 21.1. The highest BCUT2D eigenvalue weighted by Crippen LogP contribution is 2.32. The van der Waals surface area contributed by atoms with Gasteiger partial charge in [0.15, 0.2) is 0 Å². The molecule has 1 aliphatic rings. The van der Waals surface area contributed by atoms with Crippen LogP contribution in [-0.2, 0) is 11.0 Å². The Hall–Kier alpha value is -2.48. The first-order valence-corrected chi connectivity index (χ1v) is 8.55. The molecule has 1 amide bonds. The summed E-state index contributed by atoms with van der Waals surface area (Å²) in [7, 11) is 0. The number of hydrogen-bond donors (Lipinski definition) is 2. The number of alkyl halides is 3. The number of amides is 1. The Bertz CT molecular complexity index is 807. The Balaban J connectivity index is 1.71. The van der Waals surface area contributed by atoms with Gasteiger partial charge in [0.25, 0.3) is 0 Å². The molecule has 1 fully saturated rings. The van der Waals surface area contributed by atoms with Crippen molar-refractivity contribution in [2.75, 3.05) is 13.1 Å². The van der Waals surface area contributed by atoms with Crippen molar-refractivity contribution in [3.05, 3.63) is 65.2 Å². The van der Waals surface area contributed by atoms with E-state index in [0.717, 1.165) is 12.3 Å². The van der Waals surface area contributed by atoms with Gasteiger partial charge in [0.2, 0.25) is 5.91 Å².